The second-order valence-corrected chi connectivity index (χ2v) is 8.71. The number of hydrogen-bond acceptors (Lipinski definition) is 5. The third-order valence-corrected chi connectivity index (χ3v) is 6.36. The van der Waals surface area contributed by atoms with Gasteiger partial charge in [-0.15, -0.1) is 0 Å². The molecule has 2 saturated heterocycles. The molecule has 0 saturated carbocycles. The van der Waals surface area contributed by atoms with Gasteiger partial charge in [-0.05, 0) is 38.5 Å². The molecular formula is C16H26N4O4S. The number of hydrogen-bond donors (Lipinski definition) is 1. The van der Waals surface area contributed by atoms with E-state index < -0.39 is 16.1 Å². The first-order chi connectivity index (χ1) is 11.9. The van der Waals surface area contributed by atoms with Crippen molar-refractivity contribution in [1.29, 1.82) is 0 Å². The number of sulfonamides is 1. The Hall–Kier alpha value is -1.45. The number of aromatic nitrogens is 2. The van der Waals surface area contributed by atoms with E-state index in [1.165, 1.54) is 0 Å². The highest BCUT2D eigenvalue weighted by Crippen LogP contribution is 2.23. The lowest BCUT2D eigenvalue weighted by molar-refractivity contribution is -0.121. The predicted octanol–water partition coefficient (Wildman–Crippen LogP) is 0.570. The molecule has 1 aromatic heterocycles. The summed E-state index contributed by atoms with van der Waals surface area (Å²) in [6, 6.07) is 1.14. The number of rotatable bonds is 5. The molecule has 25 heavy (non-hydrogen) atoms. The molecule has 1 aromatic rings. The molecule has 2 fully saturated rings. The minimum absolute atomic E-state index is 0.0605. The Morgan fingerprint density at radius 1 is 1.32 bits per heavy atom. The molecule has 0 radical (unpaired) electrons. The number of carbonyl (C=O) groups excluding carboxylic acids is 1. The third-order valence-electron chi connectivity index (χ3n) is 4.81. The fourth-order valence-electron chi connectivity index (χ4n) is 3.55. The van der Waals surface area contributed by atoms with Crippen LogP contribution in [0.25, 0.3) is 0 Å². The quantitative estimate of drug-likeness (QED) is 0.818. The molecule has 0 spiro atoms. The standard InChI is InChI=1S/C16H26N4O4S/c1-12-10-15(19(2)17-12)20-7-3-4-14(16(20)21)18-25(22,23)11-13-5-8-24-9-6-13/h10,13-14,18H,3-9,11H2,1-2H3/t14-/m1/s1. The minimum atomic E-state index is -3.50. The molecule has 3 heterocycles. The maximum absolute atomic E-state index is 12.8. The van der Waals surface area contributed by atoms with Crippen LogP contribution in [0.3, 0.4) is 0 Å². The third kappa shape index (κ3) is 4.39. The zero-order valence-corrected chi connectivity index (χ0v) is 15.6. The highest BCUT2D eigenvalue weighted by atomic mass is 32.2. The zero-order chi connectivity index (χ0) is 18.0. The van der Waals surface area contributed by atoms with Crippen LogP contribution in [0.2, 0.25) is 0 Å². The molecule has 140 valence electrons. The van der Waals surface area contributed by atoms with Gasteiger partial charge in [0.05, 0.1) is 11.4 Å². The van der Waals surface area contributed by atoms with Gasteiger partial charge >= 0.3 is 0 Å². The summed E-state index contributed by atoms with van der Waals surface area (Å²) in [7, 11) is -1.71. The molecule has 2 aliphatic heterocycles. The van der Waals surface area contributed by atoms with Crippen molar-refractivity contribution in [2.75, 3.05) is 30.4 Å². The first-order valence-corrected chi connectivity index (χ1v) is 10.4. The van der Waals surface area contributed by atoms with Gasteiger partial charge in [-0.25, -0.2) is 13.1 Å². The lowest BCUT2D eigenvalue weighted by Gasteiger charge is -2.32. The number of piperidine rings is 1. The molecule has 1 amide bonds. The van der Waals surface area contributed by atoms with Crippen LogP contribution in [-0.4, -0.2) is 55.7 Å². The molecule has 2 aliphatic rings. The van der Waals surface area contributed by atoms with Crippen LogP contribution in [0.4, 0.5) is 5.82 Å². The van der Waals surface area contributed by atoms with Crippen molar-refractivity contribution in [2.45, 2.75) is 38.6 Å². The van der Waals surface area contributed by atoms with Crippen molar-refractivity contribution in [2.24, 2.45) is 13.0 Å². The van der Waals surface area contributed by atoms with Gasteiger partial charge < -0.3 is 4.74 Å². The van der Waals surface area contributed by atoms with E-state index in [4.69, 9.17) is 4.74 Å². The minimum Gasteiger partial charge on any atom is -0.381 e. The van der Waals surface area contributed by atoms with E-state index in [1.807, 2.05) is 13.0 Å². The number of ether oxygens (including phenoxy) is 1. The molecule has 0 unspecified atom stereocenters. The summed E-state index contributed by atoms with van der Waals surface area (Å²) in [5, 5.41) is 4.27. The zero-order valence-electron chi connectivity index (χ0n) is 14.8. The van der Waals surface area contributed by atoms with E-state index in [9.17, 15) is 13.2 Å². The van der Waals surface area contributed by atoms with Gasteiger partial charge in [0.1, 0.15) is 11.9 Å². The van der Waals surface area contributed by atoms with Gasteiger partial charge in [0, 0.05) is 32.9 Å². The van der Waals surface area contributed by atoms with Crippen molar-refractivity contribution in [3.8, 4) is 0 Å². The molecule has 9 heteroatoms. The number of anilines is 1. The summed E-state index contributed by atoms with van der Waals surface area (Å²) in [6.45, 7) is 3.66. The fraction of sp³-hybridized carbons (Fsp3) is 0.750. The summed E-state index contributed by atoms with van der Waals surface area (Å²) < 4.78 is 34.5. The van der Waals surface area contributed by atoms with Crippen molar-refractivity contribution in [3.63, 3.8) is 0 Å². The average molecular weight is 370 g/mol. The first-order valence-electron chi connectivity index (χ1n) is 8.75. The smallest absolute Gasteiger partial charge is 0.246 e. The highest BCUT2D eigenvalue weighted by Gasteiger charge is 2.34. The van der Waals surface area contributed by atoms with Crippen LogP contribution < -0.4 is 9.62 Å². The SMILES string of the molecule is Cc1cc(N2CCC[C@@H](NS(=O)(=O)CC3CCOCC3)C2=O)n(C)n1. The van der Waals surface area contributed by atoms with Gasteiger partial charge in [-0.2, -0.15) is 5.10 Å². The van der Waals surface area contributed by atoms with E-state index in [-0.39, 0.29) is 17.6 Å². The monoisotopic (exact) mass is 370 g/mol. The van der Waals surface area contributed by atoms with Gasteiger partial charge in [-0.1, -0.05) is 0 Å². The normalized spacial score (nSPS) is 23.2. The summed E-state index contributed by atoms with van der Waals surface area (Å²) in [6.07, 6.45) is 2.78. The van der Waals surface area contributed by atoms with E-state index in [0.29, 0.717) is 32.0 Å². The topological polar surface area (TPSA) is 93.5 Å². The average Bonchev–Trinajstić information content (AvgIpc) is 2.88. The Kier molecular flexibility index (Phi) is 5.45. The summed E-state index contributed by atoms with van der Waals surface area (Å²) in [5.74, 6) is 0.659. The van der Waals surface area contributed by atoms with Gasteiger partial charge in [-0.3, -0.25) is 14.4 Å². The van der Waals surface area contributed by atoms with Crippen molar-refractivity contribution >= 4 is 21.7 Å². The van der Waals surface area contributed by atoms with Crippen molar-refractivity contribution in [3.05, 3.63) is 11.8 Å². The maximum atomic E-state index is 12.8. The van der Waals surface area contributed by atoms with Crippen molar-refractivity contribution in [1.82, 2.24) is 14.5 Å². The van der Waals surface area contributed by atoms with Crippen LogP contribution in [0.5, 0.6) is 0 Å². The molecule has 1 N–H and O–H groups in total. The molecule has 3 rings (SSSR count). The molecule has 0 aliphatic carbocycles. The molecule has 1 atom stereocenters. The maximum Gasteiger partial charge on any atom is 0.246 e. The van der Waals surface area contributed by atoms with Gasteiger partial charge in [0.2, 0.25) is 15.9 Å². The highest BCUT2D eigenvalue weighted by molar-refractivity contribution is 7.89. The fourth-order valence-corrected chi connectivity index (χ4v) is 5.25. The van der Waals surface area contributed by atoms with E-state index in [2.05, 4.69) is 9.82 Å². The summed E-state index contributed by atoms with van der Waals surface area (Å²) in [4.78, 5) is 14.4. The first kappa shape index (κ1) is 18.3. The van der Waals surface area contributed by atoms with Crippen LogP contribution >= 0.6 is 0 Å². The number of amides is 1. The second-order valence-electron chi connectivity index (χ2n) is 6.91. The number of nitrogens with one attached hydrogen (secondary N) is 1. The Balaban J connectivity index is 1.67. The van der Waals surface area contributed by atoms with Crippen molar-refractivity contribution < 1.29 is 17.9 Å². The number of nitrogens with zero attached hydrogens (tertiary/aromatic N) is 3. The lowest BCUT2D eigenvalue weighted by atomic mass is 10.0. The Morgan fingerprint density at radius 2 is 2.04 bits per heavy atom. The summed E-state index contributed by atoms with van der Waals surface area (Å²) in [5.41, 5.74) is 0.826. The molecule has 0 aromatic carbocycles. The van der Waals surface area contributed by atoms with Gasteiger partial charge in [0.25, 0.3) is 0 Å². The van der Waals surface area contributed by atoms with Gasteiger partial charge in [0.15, 0.2) is 0 Å². The van der Waals surface area contributed by atoms with E-state index in [0.717, 1.165) is 25.0 Å². The summed E-state index contributed by atoms with van der Waals surface area (Å²) >= 11 is 0. The lowest BCUT2D eigenvalue weighted by Crippen LogP contribution is -2.53. The van der Waals surface area contributed by atoms with Crippen LogP contribution in [0.15, 0.2) is 6.07 Å². The molecule has 8 nitrogen and oxygen atoms in total. The largest absolute Gasteiger partial charge is 0.381 e. The van der Waals surface area contributed by atoms with Crippen LogP contribution in [-0.2, 0) is 26.6 Å². The Bertz CT molecular complexity index is 724. The van der Waals surface area contributed by atoms with Crippen LogP contribution in [0, 0.1) is 12.8 Å². The molecular weight excluding hydrogens is 344 g/mol. The number of carbonyl (C=O) groups is 1. The van der Waals surface area contributed by atoms with Crippen LogP contribution in [0.1, 0.15) is 31.4 Å². The second kappa shape index (κ2) is 7.43. The van der Waals surface area contributed by atoms with E-state index in [1.54, 1.807) is 16.6 Å². The Labute approximate surface area is 148 Å². The Morgan fingerprint density at radius 3 is 2.68 bits per heavy atom. The van der Waals surface area contributed by atoms with E-state index >= 15 is 0 Å². The predicted molar refractivity (Wildman–Crippen MR) is 93.8 cm³/mol. The molecule has 0 bridgehead atoms. The number of aryl methyl sites for hydroxylation is 2.